The highest BCUT2D eigenvalue weighted by Crippen LogP contribution is 2.26. The van der Waals surface area contributed by atoms with Gasteiger partial charge in [0.25, 0.3) is 5.91 Å². The van der Waals surface area contributed by atoms with Gasteiger partial charge < -0.3 is 14.3 Å². The highest BCUT2D eigenvalue weighted by atomic mass is 16.5. The second-order valence-corrected chi connectivity index (χ2v) is 4.85. The van der Waals surface area contributed by atoms with E-state index in [1.165, 1.54) is 0 Å². The van der Waals surface area contributed by atoms with Gasteiger partial charge in [-0.2, -0.15) is 0 Å². The van der Waals surface area contributed by atoms with Crippen molar-refractivity contribution in [3.05, 3.63) is 41.9 Å². The van der Waals surface area contributed by atoms with Crippen molar-refractivity contribution in [1.29, 1.82) is 0 Å². The van der Waals surface area contributed by atoms with Gasteiger partial charge in [0.15, 0.2) is 0 Å². The Bertz CT molecular complexity index is 816. The van der Waals surface area contributed by atoms with Crippen LogP contribution < -0.4 is 10.1 Å². The number of rotatable bonds is 3. The summed E-state index contributed by atoms with van der Waals surface area (Å²) in [5.74, 6) is 1.06. The van der Waals surface area contributed by atoms with Crippen molar-refractivity contribution in [2.45, 2.75) is 6.92 Å². The minimum absolute atomic E-state index is 0.211. The molecule has 21 heavy (non-hydrogen) atoms. The summed E-state index contributed by atoms with van der Waals surface area (Å²) in [6.45, 7) is 1.91. The molecule has 2 heterocycles. The van der Waals surface area contributed by atoms with Gasteiger partial charge >= 0.3 is 0 Å². The van der Waals surface area contributed by atoms with Crippen LogP contribution in [0, 0.1) is 6.92 Å². The smallest absolute Gasteiger partial charge is 0.274 e. The van der Waals surface area contributed by atoms with Gasteiger partial charge in [-0.25, -0.2) is 4.98 Å². The van der Waals surface area contributed by atoms with Gasteiger partial charge in [-0.15, -0.1) is 0 Å². The number of imidazole rings is 1. The first-order chi connectivity index (χ1) is 10.1. The molecule has 0 fully saturated rings. The van der Waals surface area contributed by atoms with Gasteiger partial charge in [0.05, 0.1) is 7.11 Å². The van der Waals surface area contributed by atoms with E-state index in [9.17, 15) is 4.79 Å². The molecule has 2 aromatic heterocycles. The van der Waals surface area contributed by atoms with Crippen molar-refractivity contribution in [3.63, 3.8) is 0 Å². The summed E-state index contributed by atoms with van der Waals surface area (Å²) < 4.78 is 6.97. The van der Waals surface area contributed by atoms with Crippen molar-refractivity contribution < 1.29 is 9.53 Å². The quantitative estimate of drug-likeness (QED) is 0.776. The lowest BCUT2D eigenvalue weighted by Gasteiger charge is -2.04. The molecule has 0 saturated heterocycles. The molecule has 3 rings (SSSR count). The molecule has 3 aromatic rings. The van der Waals surface area contributed by atoms with Crippen molar-refractivity contribution in [3.8, 4) is 5.75 Å². The Labute approximate surface area is 121 Å². The fraction of sp³-hybridized carbons (Fsp3) is 0.200. The number of fused-ring (bicyclic) bond motifs is 1. The Morgan fingerprint density at radius 2 is 2.24 bits per heavy atom. The maximum Gasteiger partial charge on any atom is 0.274 e. The molecule has 0 bridgehead atoms. The molecule has 0 radical (unpaired) electrons. The zero-order valence-electron chi connectivity index (χ0n) is 12.1. The summed E-state index contributed by atoms with van der Waals surface area (Å²) in [6, 6.07) is 5.68. The molecule has 2 N–H and O–H groups in total. The number of aromatic nitrogens is 3. The van der Waals surface area contributed by atoms with E-state index in [2.05, 4.69) is 15.3 Å². The maximum atomic E-state index is 12.4. The lowest BCUT2D eigenvalue weighted by atomic mass is 10.1. The average Bonchev–Trinajstić information content (AvgIpc) is 3.03. The van der Waals surface area contributed by atoms with Crippen LogP contribution in [0.15, 0.2) is 30.6 Å². The second kappa shape index (κ2) is 4.97. The van der Waals surface area contributed by atoms with E-state index in [1.54, 1.807) is 24.1 Å². The number of ether oxygens (including phenoxy) is 1. The number of amides is 1. The van der Waals surface area contributed by atoms with Gasteiger partial charge in [-0.05, 0) is 30.7 Å². The molecule has 0 spiro atoms. The van der Waals surface area contributed by atoms with Crippen LogP contribution in [-0.4, -0.2) is 27.6 Å². The van der Waals surface area contributed by atoms with Crippen LogP contribution in [0.2, 0.25) is 0 Å². The number of hydrogen-bond donors (Lipinski definition) is 2. The number of H-pyrrole nitrogens is 1. The largest absolute Gasteiger partial charge is 0.497 e. The fourth-order valence-electron chi connectivity index (χ4n) is 2.31. The second-order valence-electron chi connectivity index (χ2n) is 4.85. The third-order valence-electron chi connectivity index (χ3n) is 3.54. The average molecular weight is 284 g/mol. The van der Waals surface area contributed by atoms with E-state index in [-0.39, 0.29) is 5.91 Å². The summed E-state index contributed by atoms with van der Waals surface area (Å²) in [7, 11) is 3.45. The van der Waals surface area contributed by atoms with Crippen molar-refractivity contribution in [2.24, 2.45) is 7.05 Å². The monoisotopic (exact) mass is 284 g/mol. The first kappa shape index (κ1) is 13.2. The number of anilines is 1. The summed E-state index contributed by atoms with van der Waals surface area (Å²) in [6.07, 6.45) is 3.41. The fourth-order valence-corrected chi connectivity index (χ4v) is 2.31. The van der Waals surface area contributed by atoms with E-state index in [1.807, 2.05) is 32.2 Å². The summed E-state index contributed by atoms with van der Waals surface area (Å²) >= 11 is 0. The van der Waals surface area contributed by atoms with E-state index >= 15 is 0 Å². The van der Waals surface area contributed by atoms with Crippen molar-refractivity contribution >= 4 is 22.8 Å². The molecule has 6 heteroatoms. The van der Waals surface area contributed by atoms with Gasteiger partial charge in [0.2, 0.25) is 5.95 Å². The zero-order valence-corrected chi connectivity index (χ0v) is 12.1. The van der Waals surface area contributed by atoms with Crippen molar-refractivity contribution in [2.75, 3.05) is 12.4 Å². The highest BCUT2D eigenvalue weighted by Gasteiger charge is 2.16. The molecule has 1 aromatic carbocycles. The maximum absolute atomic E-state index is 12.4. The molecule has 0 saturated carbocycles. The van der Waals surface area contributed by atoms with Crippen LogP contribution in [0.4, 0.5) is 5.95 Å². The zero-order chi connectivity index (χ0) is 15.0. The number of nitrogens with zero attached hydrogens (tertiary/aromatic N) is 2. The van der Waals surface area contributed by atoms with Crippen LogP contribution in [-0.2, 0) is 7.05 Å². The van der Waals surface area contributed by atoms with Gasteiger partial charge in [0.1, 0.15) is 11.4 Å². The number of aryl methyl sites for hydroxylation is 2. The van der Waals surface area contributed by atoms with E-state index in [0.717, 1.165) is 22.2 Å². The number of aromatic amines is 1. The van der Waals surface area contributed by atoms with Crippen LogP contribution in [0.25, 0.3) is 10.9 Å². The summed E-state index contributed by atoms with van der Waals surface area (Å²) in [4.78, 5) is 19.6. The first-order valence-electron chi connectivity index (χ1n) is 6.55. The Morgan fingerprint density at radius 3 is 2.90 bits per heavy atom. The summed E-state index contributed by atoms with van der Waals surface area (Å²) in [5.41, 5.74) is 2.31. The van der Waals surface area contributed by atoms with Gasteiger partial charge in [-0.1, -0.05) is 0 Å². The van der Waals surface area contributed by atoms with Crippen LogP contribution in [0.1, 0.15) is 16.1 Å². The predicted molar refractivity (Wildman–Crippen MR) is 80.7 cm³/mol. The molecule has 0 aliphatic heterocycles. The standard InChI is InChI=1S/C15H16N4O2/c1-9-11-8-10(21-3)4-5-12(11)17-13(9)14(20)18-15-16-6-7-19(15)2/h4-8,17H,1-3H3,(H,16,18,20). The minimum Gasteiger partial charge on any atom is -0.497 e. The van der Waals surface area contributed by atoms with Gasteiger partial charge in [-0.3, -0.25) is 10.1 Å². The molecule has 0 atom stereocenters. The SMILES string of the molecule is COc1ccc2[nH]c(C(=O)Nc3nccn3C)c(C)c2c1. The molecule has 6 nitrogen and oxygen atoms in total. The van der Waals surface area contributed by atoms with E-state index in [0.29, 0.717) is 11.6 Å². The number of carbonyl (C=O) groups excluding carboxylic acids is 1. The Hall–Kier alpha value is -2.76. The molecule has 0 unspecified atom stereocenters. The Balaban J connectivity index is 1.98. The van der Waals surface area contributed by atoms with Gasteiger partial charge in [0, 0.05) is 30.3 Å². The van der Waals surface area contributed by atoms with E-state index < -0.39 is 0 Å². The Morgan fingerprint density at radius 1 is 1.43 bits per heavy atom. The number of methoxy groups -OCH3 is 1. The molecular formula is C15H16N4O2. The third-order valence-corrected chi connectivity index (χ3v) is 3.54. The van der Waals surface area contributed by atoms with Crippen LogP contribution >= 0.6 is 0 Å². The molecular weight excluding hydrogens is 268 g/mol. The number of nitrogens with one attached hydrogen (secondary N) is 2. The lowest BCUT2D eigenvalue weighted by molar-refractivity contribution is 0.102. The normalized spacial score (nSPS) is 10.8. The number of benzene rings is 1. The molecule has 108 valence electrons. The molecule has 0 aliphatic carbocycles. The summed E-state index contributed by atoms with van der Waals surface area (Å²) in [5, 5.41) is 3.76. The molecule has 1 amide bonds. The highest BCUT2D eigenvalue weighted by molar-refractivity contribution is 6.07. The number of carbonyl (C=O) groups is 1. The van der Waals surface area contributed by atoms with Crippen LogP contribution in [0.3, 0.4) is 0 Å². The minimum atomic E-state index is -0.211. The first-order valence-corrected chi connectivity index (χ1v) is 6.55. The third kappa shape index (κ3) is 2.24. The lowest BCUT2D eigenvalue weighted by Crippen LogP contribution is -2.16. The van der Waals surface area contributed by atoms with Crippen LogP contribution in [0.5, 0.6) is 5.75 Å². The predicted octanol–water partition coefficient (Wildman–Crippen LogP) is 2.47. The van der Waals surface area contributed by atoms with Crippen molar-refractivity contribution in [1.82, 2.24) is 14.5 Å². The van der Waals surface area contributed by atoms with E-state index in [4.69, 9.17) is 4.74 Å². The number of hydrogen-bond acceptors (Lipinski definition) is 3. The Kier molecular flexibility index (Phi) is 3.13. The topological polar surface area (TPSA) is 71.9 Å². The molecule has 0 aliphatic rings.